The first-order chi connectivity index (χ1) is 6.22. The van der Waals surface area contributed by atoms with Gasteiger partial charge in [0.15, 0.2) is 0 Å². The van der Waals surface area contributed by atoms with Crippen molar-refractivity contribution in [2.75, 3.05) is 0 Å². The second-order valence-electron chi connectivity index (χ2n) is 4.29. The van der Waals surface area contributed by atoms with Crippen molar-refractivity contribution in [2.45, 2.75) is 45.2 Å². The number of primary amides is 1. The molecule has 0 rings (SSSR count). The molecule has 5 heteroatoms. The van der Waals surface area contributed by atoms with E-state index in [2.05, 4.69) is 5.32 Å². The van der Waals surface area contributed by atoms with Gasteiger partial charge in [0.1, 0.15) is 6.04 Å². The minimum atomic E-state index is -0.957. The summed E-state index contributed by atoms with van der Waals surface area (Å²) in [4.78, 5) is 21.3. The average Bonchev–Trinajstić information content (AvgIpc) is 1.94. The van der Waals surface area contributed by atoms with E-state index in [1.165, 1.54) is 0 Å². The SMILES string of the molecule is CC(C)(C)NC(CCC(N)=O)C(=O)O. The Morgan fingerprint density at radius 3 is 2.21 bits per heavy atom. The fourth-order valence-electron chi connectivity index (χ4n) is 1.07. The van der Waals surface area contributed by atoms with Gasteiger partial charge in [0.05, 0.1) is 0 Å². The van der Waals surface area contributed by atoms with Crippen LogP contribution in [0.3, 0.4) is 0 Å². The number of carboxylic acids is 1. The van der Waals surface area contributed by atoms with Crippen molar-refractivity contribution in [1.29, 1.82) is 0 Å². The van der Waals surface area contributed by atoms with Crippen LogP contribution in [0.4, 0.5) is 0 Å². The minimum absolute atomic E-state index is 0.0834. The molecular formula is C9H18N2O3. The topological polar surface area (TPSA) is 92.4 Å². The Bertz CT molecular complexity index is 221. The normalized spacial score (nSPS) is 13.6. The van der Waals surface area contributed by atoms with Gasteiger partial charge < -0.3 is 10.8 Å². The summed E-state index contributed by atoms with van der Waals surface area (Å²) in [7, 11) is 0. The molecule has 0 aliphatic rings. The third kappa shape index (κ3) is 6.42. The van der Waals surface area contributed by atoms with E-state index in [0.29, 0.717) is 0 Å². The second-order valence-corrected chi connectivity index (χ2v) is 4.29. The van der Waals surface area contributed by atoms with Crippen LogP contribution in [0.15, 0.2) is 0 Å². The summed E-state index contributed by atoms with van der Waals surface area (Å²) in [5.74, 6) is -1.44. The molecular weight excluding hydrogens is 184 g/mol. The van der Waals surface area contributed by atoms with Crippen molar-refractivity contribution in [2.24, 2.45) is 5.73 Å². The zero-order valence-corrected chi connectivity index (χ0v) is 8.83. The number of nitrogens with one attached hydrogen (secondary N) is 1. The molecule has 0 fully saturated rings. The van der Waals surface area contributed by atoms with Crippen molar-refractivity contribution in [3.63, 3.8) is 0 Å². The molecule has 0 aromatic rings. The van der Waals surface area contributed by atoms with E-state index in [4.69, 9.17) is 10.8 Å². The van der Waals surface area contributed by atoms with Crippen LogP contribution in [0.5, 0.6) is 0 Å². The highest BCUT2D eigenvalue weighted by atomic mass is 16.4. The number of carbonyl (C=O) groups excluding carboxylic acids is 1. The third-order valence-corrected chi connectivity index (χ3v) is 1.58. The fourth-order valence-corrected chi connectivity index (χ4v) is 1.07. The molecule has 4 N–H and O–H groups in total. The summed E-state index contributed by atoms with van der Waals surface area (Å²) in [6, 6.07) is -0.720. The number of amides is 1. The van der Waals surface area contributed by atoms with E-state index in [0.717, 1.165) is 0 Å². The maximum atomic E-state index is 10.8. The van der Waals surface area contributed by atoms with Gasteiger partial charge in [-0.25, -0.2) is 0 Å². The number of nitrogens with two attached hydrogens (primary N) is 1. The minimum Gasteiger partial charge on any atom is -0.480 e. The molecule has 1 unspecified atom stereocenters. The molecule has 0 aromatic heterocycles. The maximum absolute atomic E-state index is 10.8. The van der Waals surface area contributed by atoms with E-state index in [9.17, 15) is 9.59 Å². The van der Waals surface area contributed by atoms with Crippen LogP contribution in [0, 0.1) is 0 Å². The van der Waals surface area contributed by atoms with E-state index in [1.54, 1.807) is 0 Å². The molecule has 14 heavy (non-hydrogen) atoms. The average molecular weight is 202 g/mol. The third-order valence-electron chi connectivity index (χ3n) is 1.58. The molecule has 0 radical (unpaired) electrons. The quantitative estimate of drug-likeness (QED) is 0.589. The Kier molecular flexibility index (Phi) is 4.56. The van der Waals surface area contributed by atoms with Crippen molar-refractivity contribution < 1.29 is 14.7 Å². The van der Waals surface area contributed by atoms with Gasteiger partial charge in [0, 0.05) is 12.0 Å². The molecule has 1 atom stereocenters. The van der Waals surface area contributed by atoms with E-state index >= 15 is 0 Å². The Morgan fingerprint density at radius 1 is 1.43 bits per heavy atom. The predicted octanol–water partition coefficient (Wildman–Crippen LogP) is 0.0932. The first-order valence-electron chi connectivity index (χ1n) is 4.51. The van der Waals surface area contributed by atoms with E-state index < -0.39 is 17.9 Å². The maximum Gasteiger partial charge on any atom is 0.320 e. The lowest BCUT2D eigenvalue weighted by Gasteiger charge is -2.25. The first-order valence-corrected chi connectivity index (χ1v) is 4.51. The number of hydrogen-bond donors (Lipinski definition) is 3. The molecule has 0 aliphatic carbocycles. The van der Waals surface area contributed by atoms with Crippen LogP contribution >= 0.6 is 0 Å². The van der Waals surface area contributed by atoms with Crippen LogP contribution in [0.25, 0.3) is 0 Å². The highest BCUT2D eigenvalue weighted by molar-refractivity contribution is 5.77. The molecule has 5 nitrogen and oxygen atoms in total. The molecule has 0 spiro atoms. The molecule has 0 aromatic carbocycles. The number of carboxylic acid groups (broad SMARTS) is 1. The van der Waals surface area contributed by atoms with Gasteiger partial charge in [-0.2, -0.15) is 0 Å². The zero-order valence-electron chi connectivity index (χ0n) is 8.83. The predicted molar refractivity (Wildman–Crippen MR) is 52.7 cm³/mol. The summed E-state index contributed by atoms with van der Waals surface area (Å²) >= 11 is 0. The van der Waals surface area contributed by atoms with E-state index in [1.807, 2.05) is 20.8 Å². The van der Waals surface area contributed by atoms with Crippen LogP contribution in [0.1, 0.15) is 33.6 Å². The first kappa shape index (κ1) is 12.9. The number of aliphatic carboxylic acids is 1. The summed E-state index contributed by atoms with van der Waals surface area (Å²) in [5, 5.41) is 11.7. The van der Waals surface area contributed by atoms with Crippen molar-refractivity contribution in [1.82, 2.24) is 5.32 Å². The highest BCUT2D eigenvalue weighted by Crippen LogP contribution is 2.05. The Hall–Kier alpha value is -1.10. The van der Waals surface area contributed by atoms with Crippen molar-refractivity contribution >= 4 is 11.9 Å². The smallest absolute Gasteiger partial charge is 0.320 e. The molecule has 0 aliphatic heterocycles. The molecule has 0 heterocycles. The second kappa shape index (κ2) is 4.95. The molecule has 82 valence electrons. The number of rotatable bonds is 5. The Labute approximate surface area is 83.7 Å². The largest absolute Gasteiger partial charge is 0.480 e. The molecule has 0 saturated heterocycles. The van der Waals surface area contributed by atoms with Crippen molar-refractivity contribution in [3.05, 3.63) is 0 Å². The zero-order chi connectivity index (χ0) is 11.4. The van der Waals surface area contributed by atoms with Gasteiger partial charge in [-0.05, 0) is 27.2 Å². The van der Waals surface area contributed by atoms with Crippen LogP contribution in [0.2, 0.25) is 0 Å². The van der Waals surface area contributed by atoms with Crippen LogP contribution in [-0.4, -0.2) is 28.6 Å². The fraction of sp³-hybridized carbons (Fsp3) is 0.778. The summed E-state index contributed by atoms with van der Waals surface area (Å²) in [5.41, 5.74) is 4.65. The lowest BCUT2D eigenvalue weighted by Crippen LogP contribution is -2.48. The lowest BCUT2D eigenvalue weighted by molar-refractivity contribution is -0.140. The van der Waals surface area contributed by atoms with Gasteiger partial charge in [-0.1, -0.05) is 0 Å². The van der Waals surface area contributed by atoms with Gasteiger partial charge in [0.25, 0.3) is 0 Å². The van der Waals surface area contributed by atoms with Gasteiger partial charge in [0.2, 0.25) is 5.91 Å². The summed E-state index contributed by atoms with van der Waals surface area (Å²) in [6.45, 7) is 5.60. The lowest BCUT2D eigenvalue weighted by atomic mass is 10.0. The Balaban J connectivity index is 4.17. The number of carbonyl (C=O) groups is 2. The van der Waals surface area contributed by atoms with Crippen LogP contribution < -0.4 is 11.1 Å². The summed E-state index contributed by atoms with van der Waals surface area (Å²) in [6.07, 6.45) is 0.308. The Morgan fingerprint density at radius 2 is 1.93 bits per heavy atom. The highest BCUT2D eigenvalue weighted by Gasteiger charge is 2.23. The van der Waals surface area contributed by atoms with Gasteiger partial charge in [-0.15, -0.1) is 0 Å². The van der Waals surface area contributed by atoms with Gasteiger partial charge >= 0.3 is 5.97 Å². The standard InChI is InChI=1S/C9H18N2O3/c1-9(2,3)11-6(8(13)14)4-5-7(10)12/h6,11H,4-5H2,1-3H3,(H2,10,12)(H,13,14). The molecule has 1 amide bonds. The van der Waals surface area contributed by atoms with Crippen molar-refractivity contribution in [3.8, 4) is 0 Å². The monoisotopic (exact) mass is 202 g/mol. The number of hydrogen-bond acceptors (Lipinski definition) is 3. The van der Waals surface area contributed by atoms with Gasteiger partial charge in [-0.3, -0.25) is 14.9 Å². The van der Waals surface area contributed by atoms with Crippen LogP contribution in [-0.2, 0) is 9.59 Å². The molecule has 0 bridgehead atoms. The summed E-state index contributed by atoms with van der Waals surface area (Å²) < 4.78 is 0. The van der Waals surface area contributed by atoms with E-state index in [-0.39, 0.29) is 18.4 Å². The molecule has 0 saturated carbocycles.